The van der Waals surface area contributed by atoms with E-state index in [2.05, 4.69) is 10.3 Å². The third-order valence-corrected chi connectivity index (χ3v) is 1.90. The summed E-state index contributed by atoms with van der Waals surface area (Å²) in [5.74, 6) is -0.243. The maximum absolute atomic E-state index is 11.7. The Bertz CT molecular complexity index is 427. The lowest BCUT2D eigenvalue weighted by Crippen LogP contribution is -2.32. The van der Waals surface area contributed by atoms with E-state index < -0.39 is 0 Å². The van der Waals surface area contributed by atoms with Crippen molar-refractivity contribution < 1.29 is 4.79 Å². The molecule has 4 heteroatoms. The van der Waals surface area contributed by atoms with E-state index in [-0.39, 0.29) is 17.0 Å². The summed E-state index contributed by atoms with van der Waals surface area (Å²) in [5, 5.41) is 11.5. The minimum absolute atomic E-state index is 0.0303. The summed E-state index contributed by atoms with van der Waals surface area (Å²) < 4.78 is 0. The van der Waals surface area contributed by atoms with Crippen molar-refractivity contribution in [3.05, 3.63) is 29.6 Å². The molecule has 0 saturated heterocycles. The van der Waals surface area contributed by atoms with Crippen LogP contribution in [0.4, 0.5) is 0 Å². The number of carbonyl (C=O) groups excluding carboxylic acids is 1. The second kappa shape index (κ2) is 4.75. The van der Waals surface area contributed by atoms with E-state index in [4.69, 9.17) is 5.26 Å². The minimum Gasteiger partial charge on any atom is -0.350 e. The minimum atomic E-state index is -0.243. The van der Waals surface area contributed by atoms with E-state index in [1.807, 2.05) is 26.8 Å². The van der Waals surface area contributed by atoms with Gasteiger partial charge in [0, 0.05) is 12.7 Å². The van der Waals surface area contributed by atoms with Gasteiger partial charge in [0.05, 0.1) is 11.6 Å². The van der Waals surface area contributed by atoms with Crippen LogP contribution in [0.2, 0.25) is 0 Å². The molecule has 0 aromatic carbocycles. The molecule has 0 spiro atoms. The van der Waals surface area contributed by atoms with Crippen LogP contribution in [0.5, 0.6) is 0 Å². The second-order valence-corrected chi connectivity index (χ2v) is 4.78. The van der Waals surface area contributed by atoms with Gasteiger partial charge in [-0.2, -0.15) is 5.26 Å². The van der Waals surface area contributed by atoms with E-state index in [1.54, 1.807) is 6.07 Å². The fraction of sp³-hybridized carbons (Fsp3) is 0.417. The summed E-state index contributed by atoms with van der Waals surface area (Å²) in [4.78, 5) is 15.6. The quantitative estimate of drug-likeness (QED) is 0.820. The van der Waals surface area contributed by atoms with Crippen molar-refractivity contribution in [1.82, 2.24) is 10.3 Å². The molecular weight excluding hydrogens is 202 g/mol. The zero-order chi connectivity index (χ0) is 12.2. The molecule has 0 aliphatic carbocycles. The predicted molar refractivity (Wildman–Crippen MR) is 60.7 cm³/mol. The van der Waals surface area contributed by atoms with Crippen molar-refractivity contribution in [1.29, 1.82) is 5.26 Å². The van der Waals surface area contributed by atoms with Gasteiger partial charge in [-0.3, -0.25) is 9.78 Å². The van der Waals surface area contributed by atoms with E-state index >= 15 is 0 Å². The van der Waals surface area contributed by atoms with Crippen LogP contribution in [0.3, 0.4) is 0 Å². The normalized spacial score (nSPS) is 10.6. The largest absolute Gasteiger partial charge is 0.350 e. The summed E-state index contributed by atoms with van der Waals surface area (Å²) in [6.45, 7) is 6.68. The fourth-order valence-corrected chi connectivity index (χ4v) is 1.06. The van der Waals surface area contributed by atoms with Crippen LogP contribution in [0.25, 0.3) is 0 Å². The third kappa shape index (κ3) is 3.70. The van der Waals surface area contributed by atoms with Gasteiger partial charge < -0.3 is 5.32 Å². The average molecular weight is 217 g/mol. The van der Waals surface area contributed by atoms with Crippen LogP contribution in [0.1, 0.15) is 36.8 Å². The van der Waals surface area contributed by atoms with Crippen LogP contribution in [-0.4, -0.2) is 17.4 Å². The first-order chi connectivity index (χ1) is 7.42. The molecule has 84 valence electrons. The highest BCUT2D eigenvalue weighted by Gasteiger charge is 2.13. The molecule has 0 bridgehead atoms. The van der Waals surface area contributed by atoms with Crippen LogP contribution >= 0.6 is 0 Å². The zero-order valence-electron chi connectivity index (χ0n) is 9.74. The van der Waals surface area contributed by atoms with E-state index in [9.17, 15) is 4.79 Å². The summed E-state index contributed by atoms with van der Waals surface area (Å²) in [7, 11) is 0. The SMILES string of the molecule is CC(C)(C)CNC(=O)c1cc(C#N)ccn1. The lowest BCUT2D eigenvalue weighted by molar-refractivity contribution is 0.0934. The van der Waals surface area contributed by atoms with Gasteiger partial charge in [0.25, 0.3) is 5.91 Å². The smallest absolute Gasteiger partial charge is 0.269 e. The molecular formula is C12H15N3O. The number of carbonyl (C=O) groups is 1. The molecule has 16 heavy (non-hydrogen) atoms. The summed E-state index contributed by atoms with van der Waals surface area (Å²) in [5.41, 5.74) is 0.752. The van der Waals surface area contributed by atoms with Crippen molar-refractivity contribution in [2.75, 3.05) is 6.54 Å². The monoisotopic (exact) mass is 217 g/mol. The topological polar surface area (TPSA) is 65.8 Å². The third-order valence-electron chi connectivity index (χ3n) is 1.90. The first kappa shape index (κ1) is 12.2. The molecule has 0 saturated carbocycles. The number of amides is 1. The molecule has 0 atom stereocenters. The summed E-state index contributed by atoms with van der Waals surface area (Å²) >= 11 is 0. The van der Waals surface area contributed by atoms with Crippen LogP contribution < -0.4 is 5.32 Å². The molecule has 0 radical (unpaired) electrons. The van der Waals surface area contributed by atoms with E-state index in [0.29, 0.717) is 12.1 Å². The first-order valence-electron chi connectivity index (χ1n) is 5.07. The average Bonchev–Trinajstić information content (AvgIpc) is 2.25. The Balaban J connectivity index is 2.71. The van der Waals surface area contributed by atoms with E-state index in [1.165, 1.54) is 12.3 Å². The Morgan fingerprint density at radius 1 is 1.56 bits per heavy atom. The van der Waals surface area contributed by atoms with Crippen LogP contribution in [0, 0.1) is 16.7 Å². The maximum atomic E-state index is 11.7. The van der Waals surface area contributed by atoms with Crippen LogP contribution in [0.15, 0.2) is 18.3 Å². The molecule has 4 nitrogen and oxygen atoms in total. The number of aromatic nitrogens is 1. The number of hydrogen-bond donors (Lipinski definition) is 1. The van der Waals surface area contributed by atoms with E-state index in [0.717, 1.165) is 0 Å². The molecule has 1 aromatic heterocycles. The number of hydrogen-bond acceptors (Lipinski definition) is 3. The highest BCUT2D eigenvalue weighted by Crippen LogP contribution is 2.10. The van der Waals surface area contributed by atoms with Crippen molar-refractivity contribution in [3.8, 4) is 6.07 Å². The van der Waals surface area contributed by atoms with Gasteiger partial charge in [-0.15, -0.1) is 0 Å². The van der Waals surface area contributed by atoms with Gasteiger partial charge in [0.2, 0.25) is 0 Å². The Morgan fingerprint density at radius 2 is 2.25 bits per heavy atom. The van der Waals surface area contributed by atoms with Gasteiger partial charge in [-0.05, 0) is 17.5 Å². The lowest BCUT2D eigenvalue weighted by atomic mass is 9.97. The molecule has 0 fully saturated rings. The maximum Gasteiger partial charge on any atom is 0.269 e. The number of rotatable bonds is 2. The summed E-state index contributed by atoms with van der Waals surface area (Å²) in [6.07, 6.45) is 1.46. The predicted octanol–water partition coefficient (Wildman–Crippen LogP) is 1.73. The number of nitriles is 1. The first-order valence-corrected chi connectivity index (χ1v) is 5.07. The molecule has 1 N–H and O–H groups in total. The standard InChI is InChI=1S/C12H15N3O/c1-12(2,3)8-15-11(16)10-6-9(7-13)4-5-14-10/h4-6H,8H2,1-3H3,(H,15,16). The van der Waals surface area contributed by atoms with Gasteiger partial charge in [0.1, 0.15) is 5.69 Å². The highest BCUT2D eigenvalue weighted by atomic mass is 16.1. The fourth-order valence-electron chi connectivity index (χ4n) is 1.06. The molecule has 0 unspecified atom stereocenters. The number of nitrogens with zero attached hydrogens (tertiary/aromatic N) is 2. The Labute approximate surface area is 95.3 Å². The van der Waals surface area contributed by atoms with Gasteiger partial charge in [-0.25, -0.2) is 0 Å². The highest BCUT2D eigenvalue weighted by molar-refractivity contribution is 5.92. The zero-order valence-corrected chi connectivity index (χ0v) is 9.74. The molecule has 1 aromatic rings. The molecule has 0 aliphatic rings. The van der Waals surface area contributed by atoms with Crippen molar-refractivity contribution >= 4 is 5.91 Å². The second-order valence-electron chi connectivity index (χ2n) is 4.78. The number of pyridine rings is 1. The summed E-state index contributed by atoms with van der Waals surface area (Å²) in [6, 6.07) is 5.03. The van der Waals surface area contributed by atoms with Gasteiger partial charge >= 0.3 is 0 Å². The van der Waals surface area contributed by atoms with Gasteiger partial charge in [0.15, 0.2) is 0 Å². The Hall–Kier alpha value is -1.89. The molecule has 1 amide bonds. The van der Waals surface area contributed by atoms with Crippen molar-refractivity contribution in [2.24, 2.45) is 5.41 Å². The molecule has 1 heterocycles. The van der Waals surface area contributed by atoms with Crippen molar-refractivity contribution in [3.63, 3.8) is 0 Å². The van der Waals surface area contributed by atoms with Crippen molar-refractivity contribution in [2.45, 2.75) is 20.8 Å². The molecule has 1 rings (SSSR count). The van der Waals surface area contributed by atoms with Crippen LogP contribution in [-0.2, 0) is 0 Å². The van der Waals surface area contributed by atoms with Gasteiger partial charge in [-0.1, -0.05) is 20.8 Å². The Kier molecular flexibility index (Phi) is 3.62. The lowest BCUT2D eigenvalue weighted by Gasteiger charge is -2.18. The molecule has 0 aliphatic heterocycles. The number of nitrogens with one attached hydrogen (secondary N) is 1. The Morgan fingerprint density at radius 3 is 2.81 bits per heavy atom.